The van der Waals surface area contributed by atoms with Crippen LogP contribution in [-0.2, 0) is 6.42 Å². The van der Waals surface area contributed by atoms with Crippen molar-refractivity contribution in [2.45, 2.75) is 6.42 Å². The van der Waals surface area contributed by atoms with Gasteiger partial charge in [-0.1, -0.05) is 41.4 Å². The molecule has 0 heterocycles. The van der Waals surface area contributed by atoms with Gasteiger partial charge in [-0.15, -0.1) is 0 Å². The molecule has 2 aromatic rings. The summed E-state index contributed by atoms with van der Waals surface area (Å²) in [5.74, 6) is -0.692. The van der Waals surface area contributed by atoms with Crippen molar-refractivity contribution < 1.29 is 9.18 Å². The van der Waals surface area contributed by atoms with Crippen molar-refractivity contribution in [1.82, 2.24) is 5.32 Å². The van der Waals surface area contributed by atoms with E-state index >= 15 is 0 Å². The average Bonchev–Trinajstić information content (AvgIpc) is 2.44. The number of halogens is 3. The van der Waals surface area contributed by atoms with E-state index in [1.54, 1.807) is 18.2 Å². The van der Waals surface area contributed by atoms with Crippen LogP contribution in [0.3, 0.4) is 0 Å². The predicted octanol–water partition coefficient (Wildman–Crippen LogP) is 3.69. The molecule has 0 aliphatic carbocycles. The van der Waals surface area contributed by atoms with E-state index in [4.69, 9.17) is 28.9 Å². The molecule has 0 atom stereocenters. The van der Waals surface area contributed by atoms with Crippen molar-refractivity contribution >= 4 is 34.8 Å². The van der Waals surface area contributed by atoms with Crippen LogP contribution in [-0.4, -0.2) is 12.5 Å². The van der Waals surface area contributed by atoms with E-state index in [-0.39, 0.29) is 28.0 Å². The molecule has 2 rings (SSSR count). The molecule has 2 aromatic carbocycles. The van der Waals surface area contributed by atoms with E-state index in [1.165, 1.54) is 18.2 Å². The van der Waals surface area contributed by atoms with Crippen LogP contribution < -0.4 is 11.1 Å². The third-order valence-corrected chi connectivity index (χ3v) is 3.73. The van der Waals surface area contributed by atoms with Crippen LogP contribution in [0, 0.1) is 5.82 Å². The Morgan fingerprint density at radius 1 is 1.24 bits per heavy atom. The van der Waals surface area contributed by atoms with Crippen LogP contribution in [0.2, 0.25) is 10.0 Å². The van der Waals surface area contributed by atoms with E-state index in [1.807, 2.05) is 0 Å². The monoisotopic (exact) mass is 326 g/mol. The maximum atomic E-state index is 13.4. The molecule has 0 saturated carbocycles. The number of anilines is 1. The van der Waals surface area contributed by atoms with Gasteiger partial charge in [0.15, 0.2) is 0 Å². The molecule has 110 valence electrons. The van der Waals surface area contributed by atoms with Crippen LogP contribution >= 0.6 is 23.2 Å². The van der Waals surface area contributed by atoms with Crippen molar-refractivity contribution in [1.29, 1.82) is 0 Å². The Balaban J connectivity index is 2.01. The third-order valence-electron chi connectivity index (χ3n) is 2.93. The highest BCUT2D eigenvalue weighted by Gasteiger charge is 2.14. The molecule has 1 amide bonds. The summed E-state index contributed by atoms with van der Waals surface area (Å²) < 4.78 is 13.4. The van der Waals surface area contributed by atoms with Crippen molar-refractivity contribution in [2.24, 2.45) is 0 Å². The molecule has 0 aliphatic rings. The highest BCUT2D eigenvalue weighted by atomic mass is 35.5. The molecule has 21 heavy (non-hydrogen) atoms. The maximum absolute atomic E-state index is 13.4. The molecule has 3 nitrogen and oxygen atoms in total. The lowest BCUT2D eigenvalue weighted by molar-refractivity contribution is 0.0954. The fraction of sp³-hybridized carbons (Fsp3) is 0.133. The van der Waals surface area contributed by atoms with Gasteiger partial charge in [-0.25, -0.2) is 4.39 Å². The van der Waals surface area contributed by atoms with E-state index in [2.05, 4.69) is 5.32 Å². The lowest BCUT2D eigenvalue weighted by atomic mass is 10.1. The van der Waals surface area contributed by atoms with Gasteiger partial charge in [-0.05, 0) is 30.2 Å². The molecule has 0 saturated heterocycles. The SMILES string of the molecule is Nc1cc(Cl)c(Cl)c(C(=O)NCCc2ccccc2F)c1. The van der Waals surface area contributed by atoms with E-state index < -0.39 is 5.91 Å². The summed E-state index contributed by atoms with van der Waals surface area (Å²) in [6.45, 7) is 0.280. The summed E-state index contributed by atoms with van der Waals surface area (Å²) >= 11 is 11.8. The number of carbonyl (C=O) groups excluding carboxylic acids is 1. The Morgan fingerprint density at radius 2 is 1.95 bits per heavy atom. The highest BCUT2D eigenvalue weighted by Crippen LogP contribution is 2.28. The number of benzene rings is 2. The molecule has 0 aromatic heterocycles. The second-order valence-electron chi connectivity index (χ2n) is 4.46. The molecule has 0 radical (unpaired) electrons. The number of carbonyl (C=O) groups is 1. The molecule has 3 N–H and O–H groups in total. The molecular weight excluding hydrogens is 314 g/mol. The predicted molar refractivity (Wildman–Crippen MR) is 83.3 cm³/mol. The average molecular weight is 327 g/mol. The first-order valence-electron chi connectivity index (χ1n) is 6.25. The minimum absolute atomic E-state index is 0.147. The van der Waals surface area contributed by atoms with Crippen LogP contribution in [0.25, 0.3) is 0 Å². The van der Waals surface area contributed by atoms with Gasteiger partial charge in [0, 0.05) is 12.2 Å². The van der Waals surface area contributed by atoms with Crippen molar-refractivity contribution in [3.05, 3.63) is 63.4 Å². The number of nitrogens with two attached hydrogens (primary N) is 1. The smallest absolute Gasteiger partial charge is 0.252 e. The Labute approximate surface area is 131 Å². The molecule has 0 spiro atoms. The zero-order chi connectivity index (χ0) is 15.4. The Bertz CT molecular complexity index is 677. The molecular formula is C15H13Cl2FN2O. The first kappa shape index (κ1) is 15.6. The van der Waals surface area contributed by atoms with Crippen molar-refractivity contribution in [3.63, 3.8) is 0 Å². The quantitative estimate of drug-likeness (QED) is 0.842. The lowest BCUT2D eigenvalue weighted by Crippen LogP contribution is -2.26. The Hall–Kier alpha value is -1.78. The van der Waals surface area contributed by atoms with E-state index in [0.29, 0.717) is 17.7 Å². The number of rotatable bonds is 4. The zero-order valence-corrected chi connectivity index (χ0v) is 12.5. The Morgan fingerprint density at radius 3 is 2.67 bits per heavy atom. The lowest BCUT2D eigenvalue weighted by Gasteiger charge is -2.09. The van der Waals surface area contributed by atoms with Gasteiger partial charge in [0.05, 0.1) is 15.6 Å². The first-order valence-corrected chi connectivity index (χ1v) is 7.00. The summed E-state index contributed by atoms with van der Waals surface area (Å²) in [5, 5.41) is 3.03. The third kappa shape index (κ3) is 3.86. The molecule has 6 heteroatoms. The van der Waals surface area contributed by atoms with Crippen molar-refractivity contribution in [3.8, 4) is 0 Å². The van der Waals surface area contributed by atoms with Gasteiger partial charge < -0.3 is 11.1 Å². The number of hydrogen-bond donors (Lipinski definition) is 2. The van der Waals surface area contributed by atoms with Gasteiger partial charge in [-0.3, -0.25) is 4.79 Å². The minimum atomic E-state index is -0.398. The zero-order valence-electron chi connectivity index (χ0n) is 11.0. The van der Waals surface area contributed by atoms with Gasteiger partial charge >= 0.3 is 0 Å². The summed E-state index contributed by atoms with van der Waals surface area (Å²) in [6.07, 6.45) is 0.381. The summed E-state index contributed by atoms with van der Waals surface area (Å²) in [5.41, 5.74) is 6.72. The highest BCUT2D eigenvalue weighted by molar-refractivity contribution is 6.44. The number of nitrogen functional groups attached to an aromatic ring is 1. The summed E-state index contributed by atoms with van der Waals surface area (Å²) in [6, 6.07) is 9.34. The maximum Gasteiger partial charge on any atom is 0.252 e. The van der Waals surface area contributed by atoms with Crippen molar-refractivity contribution in [2.75, 3.05) is 12.3 Å². The normalized spacial score (nSPS) is 10.4. The molecule has 0 fully saturated rings. The molecule has 0 unspecified atom stereocenters. The molecule has 0 aliphatic heterocycles. The van der Waals surface area contributed by atoms with E-state index in [0.717, 1.165) is 0 Å². The first-order chi connectivity index (χ1) is 9.99. The number of amides is 1. The summed E-state index contributed by atoms with van der Waals surface area (Å²) in [4.78, 5) is 12.0. The Kier molecular flexibility index (Phi) is 5.04. The topological polar surface area (TPSA) is 55.1 Å². The second-order valence-corrected chi connectivity index (χ2v) is 5.25. The largest absolute Gasteiger partial charge is 0.399 e. The second kappa shape index (κ2) is 6.78. The van der Waals surface area contributed by atoms with Crippen LogP contribution in [0.15, 0.2) is 36.4 Å². The van der Waals surface area contributed by atoms with Gasteiger partial charge in [0.25, 0.3) is 5.91 Å². The number of hydrogen-bond acceptors (Lipinski definition) is 2. The minimum Gasteiger partial charge on any atom is -0.399 e. The van der Waals surface area contributed by atoms with Gasteiger partial charge in [-0.2, -0.15) is 0 Å². The fourth-order valence-corrected chi connectivity index (χ4v) is 2.31. The van der Waals surface area contributed by atoms with Crippen LogP contribution in [0.1, 0.15) is 15.9 Å². The van der Waals surface area contributed by atoms with Gasteiger partial charge in [0.1, 0.15) is 5.82 Å². The molecule has 0 bridgehead atoms. The summed E-state index contributed by atoms with van der Waals surface area (Å²) in [7, 11) is 0. The van der Waals surface area contributed by atoms with Gasteiger partial charge in [0.2, 0.25) is 0 Å². The van der Waals surface area contributed by atoms with E-state index in [9.17, 15) is 9.18 Å². The van der Waals surface area contributed by atoms with Crippen LogP contribution in [0.5, 0.6) is 0 Å². The number of nitrogens with one attached hydrogen (secondary N) is 1. The standard InChI is InChI=1S/C15H13Cl2FN2O/c16-12-8-10(19)7-11(14(12)17)15(21)20-6-5-9-3-1-2-4-13(9)18/h1-4,7-8H,5-6,19H2,(H,20,21). The fourth-order valence-electron chi connectivity index (χ4n) is 1.88. The van der Waals surface area contributed by atoms with Crippen LogP contribution in [0.4, 0.5) is 10.1 Å².